The minimum absolute atomic E-state index is 0.0577. The molecule has 1 saturated heterocycles. The van der Waals surface area contributed by atoms with E-state index < -0.39 is 16.0 Å². The van der Waals surface area contributed by atoms with Crippen molar-refractivity contribution in [3.8, 4) is 11.5 Å². The van der Waals surface area contributed by atoms with E-state index in [1.165, 1.54) is 20.7 Å². The zero-order valence-corrected chi connectivity index (χ0v) is 20.7. The average molecular weight is 509 g/mol. The van der Waals surface area contributed by atoms with Crippen LogP contribution >= 0.6 is 11.6 Å². The summed E-state index contributed by atoms with van der Waals surface area (Å²) in [4.78, 5) is 6.62. The monoisotopic (exact) mass is 508 g/mol. The Morgan fingerprint density at radius 2 is 1.88 bits per heavy atom. The van der Waals surface area contributed by atoms with Crippen molar-refractivity contribution < 1.29 is 17.2 Å². The van der Waals surface area contributed by atoms with E-state index in [9.17, 15) is 12.8 Å². The molecule has 4 rings (SSSR count). The number of hydrogen-bond acceptors (Lipinski definition) is 7. The normalized spacial score (nSPS) is 15.7. The number of anilines is 1. The molecule has 1 aromatic carbocycles. The largest absolute Gasteiger partial charge is 0.421 e. The highest BCUT2D eigenvalue weighted by Gasteiger charge is 2.34. The average Bonchev–Trinajstić information content (AvgIpc) is 3.26. The molecule has 1 aliphatic heterocycles. The third-order valence-corrected chi connectivity index (χ3v) is 7.91. The van der Waals surface area contributed by atoms with Gasteiger partial charge in [-0.05, 0) is 44.2 Å². The predicted octanol–water partition coefficient (Wildman–Crippen LogP) is 3.51. The summed E-state index contributed by atoms with van der Waals surface area (Å²) in [5.74, 6) is 0.141. The summed E-state index contributed by atoms with van der Waals surface area (Å²) in [6.45, 7) is 7.78. The molecular formula is C22H26ClFN6O3S. The highest BCUT2D eigenvalue weighted by molar-refractivity contribution is 7.90. The van der Waals surface area contributed by atoms with Gasteiger partial charge in [0, 0.05) is 45.3 Å². The van der Waals surface area contributed by atoms with Crippen molar-refractivity contribution in [3.05, 3.63) is 59.0 Å². The van der Waals surface area contributed by atoms with Crippen molar-refractivity contribution in [2.75, 3.05) is 30.5 Å². The molecule has 182 valence electrons. The van der Waals surface area contributed by atoms with Crippen molar-refractivity contribution in [1.82, 2.24) is 24.4 Å². The summed E-state index contributed by atoms with van der Waals surface area (Å²) in [6.07, 6.45) is 1.55. The fourth-order valence-electron chi connectivity index (χ4n) is 3.74. The van der Waals surface area contributed by atoms with Gasteiger partial charge in [-0.2, -0.15) is 12.7 Å². The summed E-state index contributed by atoms with van der Waals surface area (Å²) < 4.78 is 49.3. The summed E-state index contributed by atoms with van der Waals surface area (Å²) in [5.41, 5.74) is 1.37. The van der Waals surface area contributed by atoms with Gasteiger partial charge in [0.15, 0.2) is 0 Å². The van der Waals surface area contributed by atoms with Gasteiger partial charge in [-0.25, -0.2) is 4.39 Å². The van der Waals surface area contributed by atoms with Gasteiger partial charge in [-0.3, -0.25) is 14.2 Å². The van der Waals surface area contributed by atoms with E-state index >= 15 is 0 Å². The Morgan fingerprint density at radius 1 is 1.15 bits per heavy atom. The molecule has 1 fully saturated rings. The van der Waals surface area contributed by atoms with E-state index in [2.05, 4.69) is 33.9 Å². The molecule has 0 N–H and O–H groups in total. The number of piperazine rings is 1. The first-order valence-electron chi connectivity index (χ1n) is 10.9. The predicted molar refractivity (Wildman–Crippen MR) is 127 cm³/mol. The number of aromatic nitrogens is 3. The Balaban J connectivity index is 1.62. The number of aryl methyl sites for hydroxylation is 1. The molecule has 0 spiro atoms. The SMILES string of the molecule is Cc1nnc(-c2ccc(CN(c3ccc(F)c(Cl)c3)S(=O)(=O)N3CCN(C(C)C)CC3)nc2)o1. The molecule has 0 saturated carbocycles. The van der Waals surface area contributed by atoms with Crippen molar-refractivity contribution in [2.24, 2.45) is 0 Å². The maximum atomic E-state index is 13.8. The van der Waals surface area contributed by atoms with Crippen LogP contribution in [0.4, 0.5) is 10.1 Å². The second-order valence-electron chi connectivity index (χ2n) is 8.31. The zero-order chi connectivity index (χ0) is 24.5. The van der Waals surface area contributed by atoms with Crippen LogP contribution in [-0.4, -0.2) is 65.0 Å². The van der Waals surface area contributed by atoms with Crippen LogP contribution in [0.2, 0.25) is 5.02 Å². The molecule has 12 heteroatoms. The maximum Gasteiger partial charge on any atom is 0.304 e. The van der Waals surface area contributed by atoms with E-state index in [0.29, 0.717) is 55.3 Å². The van der Waals surface area contributed by atoms with Crippen LogP contribution in [0.15, 0.2) is 40.9 Å². The fraction of sp³-hybridized carbons (Fsp3) is 0.409. The van der Waals surface area contributed by atoms with Gasteiger partial charge in [0.05, 0.1) is 28.5 Å². The van der Waals surface area contributed by atoms with Gasteiger partial charge in [0.1, 0.15) is 5.82 Å². The van der Waals surface area contributed by atoms with Crippen LogP contribution < -0.4 is 4.31 Å². The molecule has 0 unspecified atom stereocenters. The third-order valence-electron chi connectivity index (χ3n) is 5.70. The Hall–Kier alpha value is -2.60. The lowest BCUT2D eigenvalue weighted by Gasteiger charge is -2.38. The lowest BCUT2D eigenvalue weighted by atomic mass is 10.2. The van der Waals surface area contributed by atoms with Crippen molar-refractivity contribution in [2.45, 2.75) is 33.4 Å². The van der Waals surface area contributed by atoms with Gasteiger partial charge in [0.2, 0.25) is 11.8 Å². The van der Waals surface area contributed by atoms with Gasteiger partial charge >= 0.3 is 10.2 Å². The summed E-state index contributed by atoms with van der Waals surface area (Å²) in [6, 6.07) is 7.64. The van der Waals surface area contributed by atoms with Crippen LogP contribution in [0.1, 0.15) is 25.4 Å². The molecule has 34 heavy (non-hydrogen) atoms. The molecule has 2 aromatic heterocycles. The van der Waals surface area contributed by atoms with Crippen molar-refractivity contribution in [3.63, 3.8) is 0 Å². The van der Waals surface area contributed by atoms with E-state index in [1.807, 2.05) is 0 Å². The molecule has 0 atom stereocenters. The zero-order valence-electron chi connectivity index (χ0n) is 19.1. The minimum atomic E-state index is -3.94. The summed E-state index contributed by atoms with van der Waals surface area (Å²) in [5, 5.41) is 7.62. The van der Waals surface area contributed by atoms with Crippen LogP contribution in [0.5, 0.6) is 0 Å². The van der Waals surface area contributed by atoms with E-state index in [-0.39, 0.29) is 17.3 Å². The van der Waals surface area contributed by atoms with Gasteiger partial charge in [0.25, 0.3) is 0 Å². The smallest absolute Gasteiger partial charge is 0.304 e. The number of nitrogens with zero attached hydrogens (tertiary/aromatic N) is 6. The lowest BCUT2D eigenvalue weighted by molar-refractivity contribution is 0.154. The Morgan fingerprint density at radius 3 is 2.44 bits per heavy atom. The third kappa shape index (κ3) is 5.22. The van der Waals surface area contributed by atoms with Crippen molar-refractivity contribution in [1.29, 1.82) is 0 Å². The second-order valence-corrected chi connectivity index (χ2v) is 10.6. The second kappa shape index (κ2) is 9.95. The molecule has 3 aromatic rings. The molecular weight excluding hydrogens is 483 g/mol. The van der Waals surface area contributed by atoms with E-state index in [1.54, 1.807) is 25.3 Å². The lowest BCUT2D eigenvalue weighted by Crippen LogP contribution is -2.54. The Bertz CT molecular complexity index is 1240. The molecule has 0 radical (unpaired) electrons. The van der Waals surface area contributed by atoms with Gasteiger partial charge in [-0.15, -0.1) is 10.2 Å². The molecule has 3 heterocycles. The van der Waals surface area contributed by atoms with Crippen LogP contribution in [0.25, 0.3) is 11.5 Å². The molecule has 9 nitrogen and oxygen atoms in total. The van der Waals surface area contributed by atoms with Gasteiger partial charge in [-0.1, -0.05) is 11.6 Å². The Kier molecular flexibility index (Phi) is 7.17. The molecule has 1 aliphatic rings. The number of halogens is 2. The number of benzene rings is 1. The number of pyridine rings is 1. The molecule has 0 aliphatic carbocycles. The molecule has 0 bridgehead atoms. The van der Waals surface area contributed by atoms with Gasteiger partial charge < -0.3 is 4.42 Å². The summed E-state index contributed by atoms with van der Waals surface area (Å²) in [7, 11) is -3.94. The first kappa shape index (κ1) is 24.5. The highest BCUT2D eigenvalue weighted by Crippen LogP contribution is 2.28. The van der Waals surface area contributed by atoms with Crippen molar-refractivity contribution >= 4 is 27.5 Å². The topological polar surface area (TPSA) is 95.7 Å². The Labute approximate surface area is 203 Å². The minimum Gasteiger partial charge on any atom is -0.421 e. The summed E-state index contributed by atoms with van der Waals surface area (Å²) >= 11 is 5.99. The van der Waals surface area contributed by atoms with Crippen LogP contribution in [-0.2, 0) is 16.8 Å². The maximum absolute atomic E-state index is 13.8. The fourth-order valence-corrected chi connectivity index (χ4v) is 5.49. The molecule has 0 amide bonds. The standard InChI is InChI=1S/C22H26ClFN6O3S/c1-15(2)28-8-10-29(11-9-28)34(31,32)30(19-6-7-21(24)20(23)12-19)14-18-5-4-17(13-25-18)22-27-26-16(3)33-22/h4-7,12-13,15H,8-11,14H2,1-3H3. The first-order valence-corrected chi connectivity index (χ1v) is 12.6. The highest BCUT2D eigenvalue weighted by atomic mass is 35.5. The quantitative estimate of drug-likeness (QED) is 0.482. The first-order chi connectivity index (χ1) is 16.1. The number of hydrogen-bond donors (Lipinski definition) is 0. The van der Waals surface area contributed by atoms with E-state index in [4.69, 9.17) is 16.0 Å². The van der Waals surface area contributed by atoms with Crippen LogP contribution in [0.3, 0.4) is 0 Å². The van der Waals surface area contributed by atoms with Crippen LogP contribution in [0, 0.1) is 12.7 Å². The van der Waals surface area contributed by atoms with E-state index in [0.717, 1.165) is 6.07 Å². The number of rotatable bonds is 7.